The molecule has 3 N–H and O–H groups in total. The molecule has 7 heteroatoms. The van der Waals surface area contributed by atoms with E-state index in [1.807, 2.05) is 0 Å². The predicted octanol–water partition coefficient (Wildman–Crippen LogP) is 2.29. The minimum Gasteiger partial charge on any atom is -0.298 e. The zero-order valence-electron chi connectivity index (χ0n) is 11.3. The number of rotatable bonds is 2. The van der Waals surface area contributed by atoms with Crippen molar-refractivity contribution in [1.82, 2.24) is 16.2 Å². The molecule has 0 aliphatic carbocycles. The molecule has 0 unspecified atom stereocenters. The average Bonchev–Trinajstić information content (AvgIpc) is 2.53. The molecule has 0 heterocycles. The van der Waals surface area contributed by atoms with Gasteiger partial charge in [0.1, 0.15) is 0 Å². The van der Waals surface area contributed by atoms with Crippen molar-refractivity contribution in [1.29, 1.82) is 0 Å². The molecule has 22 heavy (non-hydrogen) atoms. The first-order valence-corrected chi connectivity index (χ1v) is 7.08. The molecule has 112 valence electrons. The van der Waals surface area contributed by atoms with Crippen LogP contribution in [0.2, 0.25) is 5.02 Å². The van der Waals surface area contributed by atoms with Crippen molar-refractivity contribution in [3.63, 3.8) is 0 Å². The summed E-state index contributed by atoms with van der Waals surface area (Å²) in [5.41, 5.74) is 5.61. The van der Waals surface area contributed by atoms with Crippen LogP contribution in [0.15, 0.2) is 54.6 Å². The summed E-state index contributed by atoms with van der Waals surface area (Å²) in [5, 5.41) is 2.71. The summed E-state index contributed by atoms with van der Waals surface area (Å²) in [6.07, 6.45) is 0. The van der Waals surface area contributed by atoms with E-state index in [0.717, 1.165) is 0 Å². The third-order valence-electron chi connectivity index (χ3n) is 2.67. The van der Waals surface area contributed by atoms with E-state index in [2.05, 4.69) is 16.2 Å². The second kappa shape index (κ2) is 7.53. The second-order valence-corrected chi connectivity index (χ2v) is 5.02. The molecule has 0 radical (unpaired) electrons. The third kappa shape index (κ3) is 4.28. The molecule has 0 fully saturated rings. The van der Waals surface area contributed by atoms with Gasteiger partial charge in [-0.15, -0.1) is 0 Å². The van der Waals surface area contributed by atoms with Crippen molar-refractivity contribution >= 4 is 40.7 Å². The van der Waals surface area contributed by atoms with Gasteiger partial charge in [0.25, 0.3) is 11.8 Å². The van der Waals surface area contributed by atoms with Gasteiger partial charge in [0.15, 0.2) is 5.11 Å². The van der Waals surface area contributed by atoms with Crippen LogP contribution < -0.4 is 16.2 Å². The van der Waals surface area contributed by atoms with E-state index in [9.17, 15) is 9.59 Å². The smallest absolute Gasteiger partial charge is 0.269 e. The quantitative estimate of drug-likeness (QED) is 0.582. The fourth-order valence-electron chi connectivity index (χ4n) is 1.62. The SMILES string of the molecule is O=C(NNC(=S)NC(=O)c1ccccc1Cl)c1ccccc1. The van der Waals surface area contributed by atoms with E-state index in [1.165, 1.54) is 0 Å². The number of carbonyl (C=O) groups excluding carboxylic acids is 2. The molecule has 2 amide bonds. The Morgan fingerprint density at radius 2 is 1.50 bits per heavy atom. The molecule has 0 saturated heterocycles. The molecule has 2 aromatic rings. The molecule has 0 bridgehead atoms. The van der Waals surface area contributed by atoms with Gasteiger partial charge in [0.05, 0.1) is 10.6 Å². The lowest BCUT2D eigenvalue weighted by Gasteiger charge is -2.11. The van der Waals surface area contributed by atoms with Gasteiger partial charge in [-0.2, -0.15) is 0 Å². The maximum atomic E-state index is 12.0. The summed E-state index contributed by atoms with van der Waals surface area (Å²) in [6, 6.07) is 15.2. The number of hydrogen-bond donors (Lipinski definition) is 3. The maximum Gasteiger partial charge on any atom is 0.269 e. The number of nitrogens with one attached hydrogen (secondary N) is 3. The monoisotopic (exact) mass is 333 g/mol. The van der Waals surface area contributed by atoms with Crippen LogP contribution in [0.3, 0.4) is 0 Å². The first kappa shape index (κ1) is 15.9. The van der Waals surface area contributed by atoms with Crippen LogP contribution in [0, 0.1) is 0 Å². The summed E-state index contributed by atoms with van der Waals surface area (Å²) in [5.74, 6) is -0.827. The topological polar surface area (TPSA) is 70.2 Å². The van der Waals surface area contributed by atoms with Gasteiger partial charge >= 0.3 is 0 Å². The number of halogens is 1. The van der Waals surface area contributed by atoms with E-state index in [0.29, 0.717) is 16.1 Å². The highest BCUT2D eigenvalue weighted by molar-refractivity contribution is 7.80. The van der Waals surface area contributed by atoms with Crippen LogP contribution in [-0.2, 0) is 0 Å². The normalized spacial score (nSPS) is 9.68. The van der Waals surface area contributed by atoms with Crippen LogP contribution in [0.5, 0.6) is 0 Å². The van der Waals surface area contributed by atoms with Crippen LogP contribution in [0.1, 0.15) is 20.7 Å². The molecular weight excluding hydrogens is 322 g/mol. The minimum absolute atomic E-state index is 0.0331. The maximum absolute atomic E-state index is 12.0. The molecule has 0 atom stereocenters. The summed E-state index contributed by atoms with van der Waals surface area (Å²) in [4.78, 5) is 23.7. The second-order valence-electron chi connectivity index (χ2n) is 4.21. The molecule has 0 aliphatic heterocycles. The number of hydrogen-bond acceptors (Lipinski definition) is 3. The highest BCUT2D eigenvalue weighted by atomic mass is 35.5. The number of carbonyl (C=O) groups is 2. The van der Waals surface area contributed by atoms with Gasteiger partial charge in [0, 0.05) is 5.56 Å². The molecule has 5 nitrogen and oxygen atoms in total. The fraction of sp³-hybridized carbons (Fsp3) is 0. The van der Waals surface area contributed by atoms with Gasteiger partial charge in [-0.25, -0.2) is 0 Å². The Hall–Kier alpha value is -2.44. The minimum atomic E-state index is -0.461. The Balaban J connectivity index is 1.87. The van der Waals surface area contributed by atoms with Crippen molar-refractivity contribution in [2.75, 3.05) is 0 Å². The van der Waals surface area contributed by atoms with Crippen LogP contribution in [-0.4, -0.2) is 16.9 Å². The van der Waals surface area contributed by atoms with E-state index >= 15 is 0 Å². The van der Waals surface area contributed by atoms with Crippen molar-refractivity contribution in [2.24, 2.45) is 0 Å². The van der Waals surface area contributed by atoms with Gasteiger partial charge in [-0.05, 0) is 36.5 Å². The highest BCUT2D eigenvalue weighted by Gasteiger charge is 2.11. The number of amides is 2. The molecule has 0 spiro atoms. The van der Waals surface area contributed by atoms with Gasteiger partial charge in [0.2, 0.25) is 0 Å². The van der Waals surface area contributed by atoms with Crippen LogP contribution in [0.4, 0.5) is 0 Å². The Bertz CT molecular complexity index is 707. The Morgan fingerprint density at radius 1 is 0.864 bits per heavy atom. The van der Waals surface area contributed by atoms with Gasteiger partial charge < -0.3 is 0 Å². The lowest BCUT2D eigenvalue weighted by molar-refractivity contribution is 0.0934. The first-order valence-electron chi connectivity index (χ1n) is 6.29. The van der Waals surface area contributed by atoms with Crippen LogP contribution >= 0.6 is 23.8 Å². The average molecular weight is 334 g/mol. The van der Waals surface area contributed by atoms with Gasteiger partial charge in [-0.1, -0.05) is 41.9 Å². The van der Waals surface area contributed by atoms with Crippen molar-refractivity contribution in [3.05, 3.63) is 70.7 Å². The number of thiocarbonyl (C=S) groups is 1. The molecule has 0 aromatic heterocycles. The molecular formula is C15H12ClN3O2S. The first-order chi connectivity index (χ1) is 10.6. The standard InChI is InChI=1S/C15H12ClN3O2S/c16-12-9-5-4-8-11(12)14(21)17-15(22)19-18-13(20)10-6-2-1-3-7-10/h1-9H,(H,18,20)(H2,17,19,21,22). The summed E-state index contributed by atoms with van der Waals surface area (Å²) >= 11 is 10.9. The van der Waals surface area contributed by atoms with E-state index in [-0.39, 0.29) is 11.0 Å². The Kier molecular flexibility index (Phi) is 5.46. The van der Waals surface area contributed by atoms with E-state index < -0.39 is 5.91 Å². The summed E-state index contributed by atoms with van der Waals surface area (Å²) in [7, 11) is 0. The number of hydrazine groups is 1. The molecule has 2 aromatic carbocycles. The zero-order chi connectivity index (χ0) is 15.9. The van der Waals surface area contributed by atoms with Crippen molar-refractivity contribution in [2.45, 2.75) is 0 Å². The van der Waals surface area contributed by atoms with Gasteiger partial charge in [-0.3, -0.25) is 25.8 Å². The summed E-state index contributed by atoms with van der Waals surface area (Å²) < 4.78 is 0. The molecule has 2 rings (SSSR count). The number of benzene rings is 2. The Labute approximate surface area is 137 Å². The Morgan fingerprint density at radius 3 is 2.18 bits per heavy atom. The summed E-state index contributed by atoms with van der Waals surface area (Å²) in [6.45, 7) is 0. The highest BCUT2D eigenvalue weighted by Crippen LogP contribution is 2.14. The largest absolute Gasteiger partial charge is 0.298 e. The fourth-order valence-corrected chi connectivity index (χ4v) is 1.99. The third-order valence-corrected chi connectivity index (χ3v) is 3.20. The van der Waals surface area contributed by atoms with Crippen molar-refractivity contribution < 1.29 is 9.59 Å². The predicted molar refractivity (Wildman–Crippen MR) is 88.6 cm³/mol. The van der Waals surface area contributed by atoms with E-state index in [1.54, 1.807) is 54.6 Å². The van der Waals surface area contributed by atoms with Crippen molar-refractivity contribution in [3.8, 4) is 0 Å². The van der Waals surface area contributed by atoms with Crippen LogP contribution in [0.25, 0.3) is 0 Å². The molecule has 0 aliphatic rings. The zero-order valence-corrected chi connectivity index (χ0v) is 12.9. The van der Waals surface area contributed by atoms with E-state index in [4.69, 9.17) is 23.8 Å². The molecule has 0 saturated carbocycles. The lowest BCUT2D eigenvalue weighted by Crippen LogP contribution is -2.48. The lowest BCUT2D eigenvalue weighted by atomic mass is 10.2.